The van der Waals surface area contributed by atoms with E-state index in [1.54, 1.807) is 6.07 Å². The van der Waals surface area contributed by atoms with Crippen molar-refractivity contribution >= 4 is 0 Å². The Balaban J connectivity index is 2.10. The van der Waals surface area contributed by atoms with E-state index < -0.39 is 11.6 Å². The first-order chi connectivity index (χ1) is 9.66. The molecule has 1 N–H and O–H groups in total. The number of aromatic nitrogens is 2. The molecule has 6 heteroatoms. The smallest absolute Gasteiger partial charge is 0.265 e. The summed E-state index contributed by atoms with van der Waals surface area (Å²) in [4.78, 5) is 3.92. The van der Waals surface area contributed by atoms with Gasteiger partial charge in [-0.25, -0.2) is 8.78 Å². The first kappa shape index (κ1) is 12.3. The molecule has 3 rings (SSSR count). The van der Waals surface area contributed by atoms with Crippen LogP contribution in [0.4, 0.5) is 8.78 Å². The summed E-state index contributed by atoms with van der Waals surface area (Å²) in [5.41, 5.74) is -0.0686. The fourth-order valence-corrected chi connectivity index (χ4v) is 1.80. The highest BCUT2D eigenvalue weighted by Crippen LogP contribution is 2.31. The number of benzene rings is 2. The predicted octanol–water partition coefficient (Wildman–Crippen LogP) is 3.39. The van der Waals surface area contributed by atoms with Gasteiger partial charge in [-0.15, -0.1) is 0 Å². The Bertz CT molecular complexity index is 751. The molecular formula is C14H8F2N2O2. The van der Waals surface area contributed by atoms with Crippen LogP contribution >= 0.6 is 0 Å². The minimum atomic E-state index is -0.700. The topological polar surface area (TPSA) is 59.2 Å². The molecule has 3 aromatic rings. The summed E-state index contributed by atoms with van der Waals surface area (Å²) in [5.74, 6) is -1.76. The van der Waals surface area contributed by atoms with Gasteiger partial charge < -0.3 is 9.63 Å². The zero-order valence-electron chi connectivity index (χ0n) is 10.0. The number of halogens is 2. The fraction of sp³-hybridized carbons (Fsp3) is 0. The standard InChI is InChI=1S/C14H8F2N2O2/c15-9-5-2-1-4-8(9)13-17-14(20-18-13)12-10(16)6-3-7-11(12)19/h1-7,19H. The lowest BCUT2D eigenvalue weighted by molar-refractivity contribution is 0.421. The average molecular weight is 274 g/mol. The van der Waals surface area contributed by atoms with Crippen molar-refractivity contribution in [3.05, 3.63) is 54.1 Å². The Labute approximate surface area is 112 Å². The molecular weight excluding hydrogens is 266 g/mol. The van der Waals surface area contributed by atoms with Crippen LogP contribution in [0, 0.1) is 11.6 Å². The van der Waals surface area contributed by atoms with Crippen LogP contribution in [0.3, 0.4) is 0 Å². The van der Waals surface area contributed by atoms with Gasteiger partial charge in [-0.05, 0) is 24.3 Å². The molecule has 0 bridgehead atoms. The Morgan fingerprint density at radius 1 is 0.950 bits per heavy atom. The second-order valence-electron chi connectivity index (χ2n) is 4.04. The molecule has 0 amide bonds. The maximum atomic E-state index is 13.7. The Morgan fingerprint density at radius 2 is 1.70 bits per heavy atom. The lowest BCUT2D eigenvalue weighted by atomic mass is 10.2. The molecule has 1 aromatic heterocycles. The molecule has 4 nitrogen and oxygen atoms in total. The van der Waals surface area contributed by atoms with Crippen molar-refractivity contribution in [3.8, 4) is 28.6 Å². The first-order valence-electron chi connectivity index (χ1n) is 5.73. The van der Waals surface area contributed by atoms with Gasteiger partial charge in [-0.1, -0.05) is 23.4 Å². The Kier molecular flexibility index (Phi) is 2.90. The summed E-state index contributed by atoms with van der Waals surface area (Å²) >= 11 is 0. The van der Waals surface area contributed by atoms with E-state index in [1.807, 2.05) is 0 Å². The highest BCUT2D eigenvalue weighted by atomic mass is 19.1. The lowest BCUT2D eigenvalue weighted by Crippen LogP contribution is -1.87. The lowest BCUT2D eigenvalue weighted by Gasteiger charge is -1.99. The van der Waals surface area contributed by atoms with Crippen LogP contribution in [0.15, 0.2) is 47.0 Å². The third-order valence-electron chi connectivity index (χ3n) is 2.75. The van der Waals surface area contributed by atoms with E-state index in [2.05, 4.69) is 10.1 Å². The summed E-state index contributed by atoms with van der Waals surface area (Å²) in [6, 6.07) is 9.68. The number of rotatable bonds is 2. The van der Waals surface area contributed by atoms with E-state index in [4.69, 9.17) is 4.52 Å². The summed E-state index contributed by atoms with van der Waals surface area (Å²) in [6.45, 7) is 0. The number of nitrogens with zero attached hydrogens (tertiary/aromatic N) is 2. The highest BCUT2D eigenvalue weighted by molar-refractivity contribution is 5.65. The monoisotopic (exact) mass is 274 g/mol. The van der Waals surface area contributed by atoms with Gasteiger partial charge in [-0.2, -0.15) is 4.98 Å². The number of hydrogen-bond acceptors (Lipinski definition) is 4. The molecule has 0 saturated carbocycles. The van der Waals surface area contributed by atoms with Crippen molar-refractivity contribution in [2.45, 2.75) is 0 Å². The van der Waals surface area contributed by atoms with Gasteiger partial charge in [0.2, 0.25) is 5.82 Å². The third-order valence-corrected chi connectivity index (χ3v) is 2.75. The van der Waals surface area contributed by atoms with Crippen molar-refractivity contribution in [3.63, 3.8) is 0 Å². The molecule has 0 fully saturated rings. The quantitative estimate of drug-likeness (QED) is 0.778. The van der Waals surface area contributed by atoms with Gasteiger partial charge in [-0.3, -0.25) is 0 Å². The number of hydrogen-bond donors (Lipinski definition) is 1. The van der Waals surface area contributed by atoms with Crippen LogP contribution < -0.4 is 0 Å². The van der Waals surface area contributed by atoms with Gasteiger partial charge in [0.25, 0.3) is 5.89 Å². The molecule has 0 atom stereocenters. The molecule has 0 aliphatic carbocycles. The predicted molar refractivity (Wildman–Crippen MR) is 66.8 cm³/mol. The molecule has 2 aromatic carbocycles. The Hall–Kier alpha value is -2.76. The molecule has 1 heterocycles. The second kappa shape index (κ2) is 4.73. The van der Waals surface area contributed by atoms with E-state index in [-0.39, 0.29) is 28.6 Å². The van der Waals surface area contributed by atoms with E-state index in [0.717, 1.165) is 6.07 Å². The van der Waals surface area contributed by atoms with Crippen molar-refractivity contribution in [1.29, 1.82) is 0 Å². The SMILES string of the molecule is Oc1cccc(F)c1-c1nc(-c2ccccc2F)no1. The van der Waals surface area contributed by atoms with Crippen LogP contribution in [0.2, 0.25) is 0 Å². The molecule has 0 radical (unpaired) electrons. The summed E-state index contributed by atoms with van der Waals surface area (Å²) in [5, 5.41) is 13.2. The van der Waals surface area contributed by atoms with Crippen LogP contribution in [0.25, 0.3) is 22.8 Å². The van der Waals surface area contributed by atoms with Crippen molar-refractivity contribution < 1.29 is 18.4 Å². The zero-order chi connectivity index (χ0) is 14.1. The van der Waals surface area contributed by atoms with Crippen molar-refractivity contribution in [1.82, 2.24) is 10.1 Å². The molecule has 0 saturated heterocycles. The molecule has 20 heavy (non-hydrogen) atoms. The number of aromatic hydroxyl groups is 1. The van der Waals surface area contributed by atoms with Crippen LogP contribution in [0.1, 0.15) is 0 Å². The third kappa shape index (κ3) is 2.01. The van der Waals surface area contributed by atoms with E-state index in [0.29, 0.717) is 0 Å². The minimum absolute atomic E-state index is 0.0132. The highest BCUT2D eigenvalue weighted by Gasteiger charge is 2.19. The number of phenols is 1. The maximum absolute atomic E-state index is 13.7. The van der Waals surface area contributed by atoms with E-state index in [9.17, 15) is 13.9 Å². The first-order valence-corrected chi connectivity index (χ1v) is 5.73. The van der Waals surface area contributed by atoms with E-state index >= 15 is 0 Å². The molecule has 0 spiro atoms. The molecule has 0 unspecified atom stereocenters. The molecule has 0 aliphatic heterocycles. The summed E-state index contributed by atoms with van der Waals surface area (Å²) in [6.07, 6.45) is 0. The normalized spacial score (nSPS) is 10.7. The Morgan fingerprint density at radius 3 is 2.45 bits per heavy atom. The maximum Gasteiger partial charge on any atom is 0.265 e. The van der Waals surface area contributed by atoms with Gasteiger partial charge in [0.15, 0.2) is 0 Å². The van der Waals surface area contributed by atoms with Crippen molar-refractivity contribution in [2.24, 2.45) is 0 Å². The van der Waals surface area contributed by atoms with Crippen LogP contribution in [0.5, 0.6) is 5.75 Å². The van der Waals surface area contributed by atoms with Crippen LogP contribution in [-0.4, -0.2) is 15.2 Å². The summed E-state index contributed by atoms with van der Waals surface area (Å²) < 4.78 is 32.2. The molecule has 0 aliphatic rings. The number of phenolic OH excluding ortho intramolecular Hbond substituents is 1. The van der Waals surface area contributed by atoms with Gasteiger partial charge in [0.1, 0.15) is 22.9 Å². The fourth-order valence-electron chi connectivity index (χ4n) is 1.80. The minimum Gasteiger partial charge on any atom is -0.507 e. The van der Waals surface area contributed by atoms with Gasteiger partial charge in [0.05, 0.1) is 5.56 Å². The van der Waals surface area contributed by atoms with Gasteiger partial charge in [0, 0.05) is 0 Å². The summed E-state index contributed by atoms with van der Waals surface area (Å²) in [7, 11) is 0. The zero-order valence-corrected chi connectivity index (χ0v) is 10.0. The van der Waals surface area contributed by atoms with E-state index in [1.165, 1.54) is 30.3 Å². The second-order valence-corrected chi connectivity index (χ2v) is 4.04. The molecule has 100 valence electrons. The van der Waals surface area contributed by atoms with Crippen LogP contribution in [-0.2, 0) is 0 Å². The van der Waals surface area contributed by atoms with Gasteiger partial charge >= 0.3 is 0 Å². The average Bonchev–Trinajstić information content (AvgIpc) is 2.88. The van der Waals surface area contributed by atoms with Crippen molar-refractivity contribution in [2.75, 3.05) is 0 Å². The largest absolute Gasteiger partial charge is 0.507 e.